The minimum absolute atomic E-state index is 0.0292. The number of rotatable bonds is 8. The van der Waals surface area contributed by atoms with Crippen molar-refractivity contribution >= 4 is 39.4 Å². The van der Waals surface area contributed by atoms with Crippen LogP contribution < -0.4 is 10.3 Å². The number of fused-ring (bicyclic) bond motifs is 1. The van der Waals surface area contributed by atoms with Gasteiger partial charge >= 0.3 is 5.97 Å². The summed E-state index contributed by atoms with van der Waals surface area (Å²) in [6.07, 6.45) is 0.304. The van der Waals surface area contributed by atoms with Gasteiger partial charge in [-0.05, 0) is 49.9 Å². The van der Waals surface area contributed by atoms with Gasteiger partial charge in [-0.15, -0.1) is 0 Å². The highest BCUT2D eigenvalue weighted by atomic mass is 32.1. The van der Waals surface area contributed by atoms with Crippen molar-refractivity contribution in [3.63, 3.8) is 0 Å². The Bertz CT molecular complexity index is 1420. The standard InChI is InChI=1S/C28H29F2N3O5S/c29-28(30,18-25(35)38-19-8-2-1-3-9-19)23-13-7-16-32(23)27(37)21-11-6-15-31(21)24(34)14-17-33-26(36)20-10-4-5-12-22(20)39-33/h1-5,8-10,12,21,23H,6-7,11,13-18H2/t21-,23-/m0/s1. The molecule has 2 saturated heterocycles. The summed E-state index contributed by atoms with van der Waals surface area (Å²) in [4.78, 5) is 54.0. The first-order valence-corrected chi connectivity index (χ1v) is 13.8. The van der Waals surface area contributed by atoms with Crippen molar-refractivity contribution in [2.24, 2.45) is 0 Å². The van der Waals surface area contributed by atoms with Crippen LogP contribution in [-0.4, -0.2) is 62.6 Å². The molecule has 0 radical (unpaired) electrons. The Kier molecular flexibility index (Phi) is 7.79. The minimum Gasteiger partial charge on any atom is -0.426 e. The summed E-state index contributed by atoms with van der Waals surface area (Å²) in [5.41, 5.74) is -0.162. The Morgan fingerprint density at radius 2 is 1.64 bits per heavy atom. The summed E-state index contributed by atoms with van der Waals surface area (Å²) in [5.74, 6) is -5.17. The number of alkyl halides is 2. The average molecular weight is 558 g/mol. The molecule has 5 rings (SSSR count). The normalized spacial score (nSPS) is 19.5. The molecular weight excluding hydrogens is 528 g/mol. The molecule has 0 spiro atoms. The molecule has 3 aromatic rings. The quantitative estimate of drug-likeness (QED) is 0.308. The molecule has 0 saturated carbocycles. The summed E-state index contributed by atoms with van der Waals surface area (Å²) in [6.45, 7) is 0.680. The molecule has 0 bridgehead atoms. The molecule has 0 N–H and O–H groups in total. The SMILES string of the molecule is O=C(CC(F)(F)[C@@H]1CCCN1C(=O)[C@@H]1CCCN1C(=O)CCn1sc2ccccc2c1=O)Oc1ccccc1. The van der Waals surface area contributed by atoms with Gasteiger partial charge in [0, 0.05) is 26.1 Å². The van der Waals surface area contributed by atoms with Crippen LogP contribution in [0, 0.1) is 0 Å². The molecule has 2 aliphatic heterocycles. The Morgan fingerprint density at radius 3 is 2.41 bits per heavy atom. The Labute approximate surface area is 227 Å². The van der Waals surface area contributed by atoms with E-state index in [-0.39, 0.29) is 43.1 Å². The second-order valence-electron chi connectivity index (χ2n) is 9.90. The number of halogens is 2. The molecule has 0 aliphatic carbocycles. The van der Waals surface area contributed by atoms with Crippen molar-refractivity contribution in [3.05, 3.63) is 65.0 Å². The average Bonchev–Trinajstić information content (AvgIpc) is 3.67. The molecule has 39 heavy (non-hydrogen) atoms. The van der Waals surface area contributed by atoms with Crippen LogP contribution in [0.1, 0.15) is 38.5 Å². The molecule has 2 atom stereocenters. The molecule has 3 heterocycles. The predicted molar refractivity (Wildman–Crippen MR) is 142 cm³/mol. The number of amides is 2. The summed E-state index contributed by atoms with van der Waals surface area (Å²) in [5, 5.41) is 0.595. The number of ether oxygens (including phenoxy) is 1. The number of nitrogens with zero attached hydrogens (tertiary/aromatic N) is 3. The fraction of sp³-hybridized carbons (Fsp3) is 0.429. The van der Waals surface area contributed by atoms with Crippen LogP contribution in [0.15, 0.2) is 59.4 Å². The maximum absolute atomic E-state index is 15.3. The van der Waals surface area contributed by atoms with E-state index in [9.17, 15) is 19.2 Å². The number of carbonyl (C=O) groups excluding carboxylic acids is 3. The lowest BCUT2D eigenvalue weighted by atomic mass is 10.0. The fourth-order valence-electron chi connectivity index (χ4n) is 5.45. The van der Waals surface area contributed by atoms with Crippen LogP contribution in [0.4, 0.5) is 8.78 Å². The highest BCUT2D eigenvalue weighted by molar-refractivity contribution is 7.13. The van der Waals surface area contributed by atoms with Crippen LogP contribution in [0.25, 0.3) is 10.1 Å². The lowest BCUT2D eigenvalue weighted by Crippen LogP contribution is -2.54. The van der Waals surface area contributed by atoms with E-state index < -0.39 is 36.3 Å². The van der Waals surface area contributed by atoms with Gasteiger partial charge in [0.25, 0.3) is 11.5 Å². The van der Waals surface area contributed by atoms with Crippen LogP contribution >= 0.6 is 11.5 Å². The lowest BCUT2D eigenvalue weighted by Gasteiger charge is -2.34. The molecule has 206 valence electrons. The van der Waals surface area contributed by atoms with E-state index in [1.807, 2.05) is 12.1 Å². The van der Waals surface area contributed by atoms with Gasteiger partial charge in [0.1, 0.15) is 18.2 Å². The van der Waals surface area contributed by atoms with Gasteiger partial charge in [-0.2, -0.15) is 0 Å². The number of hydrogen-bond donors (Lipinski definition) is 0. The number of benzene rings is 2. The number of para-hydroxylation sites is 1. The first kappa shape index (κ1) is 27.0. The van der Waals surface area contributed by atoms with Gasteiger partial charge in [-0.3, -0.25) is 23.1 Å². The largest absolute Gasteiger partial charge is 0.426 e. The molecule has 2 aliphatic rings. The van der Waals surface area contributed by atoms with Gasteiger partial charge < -0.3 is 14.5 Å². The van der Waals surface area contributed by atoms with Crippen molar-refractivity contribution in [3.8, 4) is 5.75 Å². The number of esters is 1. The predicted octanol–water partition coefficient (Wildman–Crippen LogP) is 4.07. The van der Waals surface area contributed by atoms with Crippen molar-refractivity contribution in [1.82, 2.24) is 13.8 Å². The lowest BCUT2D eigenvalue weighted by molar-refractivity contribution is -0.157. The maximum Gasteiger partial charge on any atom is 0.317 e. The van der Waals surface area contributed by atoms with Crippen LogP contribution in [-0.2, 0) is 20.9 Å². The molecule has 2 amide bonds. The number of aromatic nitrogens is 1. The molecule has 1 aromatic heterocycles. The Balaban J connectivity index is 1.22. The van der Waals surface area contributed by atoms with Crippen LogP contribution in [0.5, 0.6) is 5.75 Å². The number of hydrogen-bond acceptors (Lipinski definition) is 6. The van der Waals surface area contributed by atoms with Crippen molar-refractivity contribution in [2.45, 2.75) is 63.1 Å². The first-order valence-electron chi connectivity index (χ1n) is 13.1. The highest BCUT2D eigenvalue weighted by Crippen LogP contribution is 2.36. The van der Waals surface area contributed by atoms with Gasteiger partial charge in [-0.25, -0.2) is 8.78 Å². The zero-order valence-electron chi connectivity index (χ0n) is 21.3. The van der Waals surface area contributed by atoms with Gasteiger partial charge in [0.2, 0.25) is 11.8 Å². The van der Waals surface area contributed by atoms with Gasteiger partial charge in [0.05, 0.1) is 16.1 Å². The van der Waals surface area contributed by atoms with Gasteiger partial charge in [-0.1, -0.05) is 41.9 Å². The van der Waals surface area contributed by atoms with E-state index in [2.05, 4.69) is 0 Å². The number of carbonyl (C=O) groups is 3. The summed E-state index contributed by atoms with van der Waals surface area (Å²) >= 11 is 1.28. The molecule has 0 unspecified atom stereocenters. The molecular formula is C28H29F2N3O5S. The fourth-order valence-corrected chi connectivity index (χ4v) is 6.45. The van der Waals surface area contributed by atoms with Crippen molar-refractivity contribution in [2.75, 3.05) is 13.1 Å². The van der Waals surface area contributed by atoms with Crippen LogP contribution in [0.3, 0.4) is 0 Å². The summed E-state index contributed by atoms with van der Waals surface area (Å²) in [7, 11) is 0. The zero-order valence-corrected chi connectivity index (χ0v) is 22.1. The third-order valence-corrected chi connectivity index (χ3v) is 8.44. The summed E-state index contributed by atoms with van der Waals surface area (Å²) < 4.78 is 37.9. The third-order valence-electron chi connectivity index (χ3n) is 7.32. The Hall–Kier alpha value is -3.60. The minimum atomic E-state index is -3.48. The summed E-state index contributed by atoms with van der Waals surface area (Å²) in [6, 6.07) is 12.9. The molecule has 11 heteroatoms. The third kappa shape index (κ3) is 5.73. The Morgan fingerprint density at radius 1 is 0.949 bits per heavy atom. The smallest absolute Gasteiger partial charge is 0.317 e. The van der Waals surface area contributed by atoms with Crippen molar-refractivity contribution < 1.29 is 27.9 Å². The second kappa shape index (κ2) is 11.3. The van der Waals surface area contributed by atoms with E-state index >= 15 is 8.78 Å². The first-order chi connectivity index (χ1) is 18.7. The zero-order chi connectivity index (χ0) is 27.6. The van der Waals surface area contributed by atoms with E-state index in [1.165, 1.54) is 32.5 Å². The van der Waals surface area contributed by atoms with E-state index in [0.717, 1.165) is 9.60 Å². The van der Waals surface area contributed by atoms with E-state index in [4.69, 9.17) is 4.74 Å². The molecule has 2 fully saturated rings. The van der Waals surface area contributed by atoms with Gasteiger partial charge in [0.15, 0.2) is 0 Å². The molecule has 2 aromatic carbocycles. The monoisotopic (exact) mass is 557 g/mol. The second-order valence-corrected chi connectivity index (χ2v) is 11.0. The highest BCUT2D eigenvalue weighted by Gasteiger charge is 2.51. The van der Waals surface area contributed by atoms with E-state index in [1.54, 1.807) is 30.3 Å². The van der Waals surface area contributed by atoms with Crippen molar-refractivity contribution in [1.29, 1.82) is 0 Å². The van der Waals surface area contributed by atoms with E-state index in [0.29, 0.717) is 31.2 Å². The van der Waals surface area contributed by atoms with Crippen LogP contribution in [0.2, 0.25) is 0 Å². The number of likely N-dealkylation sites (tertiary alicyclic amines) is 2. The number of aryl methyl sites for hydroxylation is 1. The topological polar surface area (TPSA) is 88.9 Å². The maximum atomic E-state index is 15.3. The molecule has 8 nitrogen and oxygen atoms in total.